The number of halogens is 2. The van der Waals surface area contributed by atoms with Crippen molar-refractivity contribution in [2.24, 2.45) is 0 Å². The number of rotatable bonds is 2. The van der Waals surface area contributed by atoms with Crippen LogP contribution in [0.5, 0.6) is 0 Å². The van der Waals surface area contributed by atoms with Crippen LogP contribution in [-0.4, -0.2) is 16.8 Å². The molecule has 1 aromatic carbocycles. The summed E-state index contributed by atoms with van der Waals surface area (Å²) < 4.78 is 25.9. The van der Waals surface area contributed by atoms with Gasteiger partial charge in [0.1, 0.15) is 0 Å². The van der Waals surface area contributed by atoms with E-state index < -0.39 is 29.3 Å². The summed E-state index contributed by atoms with van der Waals surface area (Å²) in [6.07, 6.45) is 0. The molecule has 2 aromatic rings. The van der Waals surface area contributed by atoms with Crippen LogP contribution in [0.4, 0.5) is 8.78 Å². The molecule has 2 rings (SSSR count). The minimum atomic E-state index is -1.29. The van der Waals surface area contributed by atoms with Gasteiger partial charge in [-0.15, -0.1) is 0 Å². The largest absolute Gasteiger partial charge is 0.274 e. The van der Waals surface area contributed by atoms with Crippen molar-refractivity contribution in [3.8, 4) is 6.07 Å². The summed E-state index contributed by atoms with van der Waals surface area (Å²) in [4.78, 5) is 26.3. The summed E-state index contributed by atoms with van der Waals surface area (Å²) in [5.74, 6) is -4.04. The molecule has 0 fully saturated rings. The van der Waals surface area contributed by atoms with Crippen LogP contribution in [0.2, 0.25) is 0 Å². The lowest BCUT2D eigenvalue weighted by molar-refractivity contribution is 0.0843. The quantitative estimate of drug-likeness (QED) is 0.646. The average molecular weight is 302 g/mol. The number of pyridine rings is 1. The van der Waals surface area contributed by atoms with Crippen LogP contribution in [0.25, 0.3) is 0 Å². The van der Waals surface area contributed by atoms with Crippen LogP contribution in [-0.2, 0) is 0 Å². The van der Waals surface area contributed by atoms with Gasteiger partial charge in [-0.25, -0.2) is 0 Å². The monoisotopic (exact) mass is 302 g/mol. The Morgan fingerprint density at radius 2 is 1.82 bits per heavy atom. The second kappa shape index (κ2) is 6.41. The van der Waals surface area contributed by atoms with Gasteiger partial charge in [0.15, 0.2) is 0 Å². The molecule has 0 radical (unpaired) electrons. The van der Waals surface area contributed by atoms with Crippen LogP contribution < -0.4 is 10.9 Å². The third kappa shape index (κ3) is 3.40. The van der Waals surface area contributed by atoms with Gasteiger partial charge >= 0.3 is 0 Å². The van der Waals surface area contributed by atoms with Gasteiger partial charge in [-0.1, -0.05) is 6.07 Å². The number of nitriles is 1. The molecule has 8 heteroatoms. The minimum Gasteiger partial charge on any atom is -0.267 e. The topological polar surface area (TPSA) is 94.9 Å². The molecule has 0 aliphatic heterocycles. The van der Waals surface area contributed by atoms with Crippen LogP contribution >= 0.6 is 0 Å². The molecule has 0 aliphatic rings. The maximum Gasteiger partial charge on any atom is 0.274 e. The molecule has 0 aliphatic carbocycles. The number of carbonyl (C=O) groups excluding carboxylic acids is 2. The van der Waals surface area contributed by atoms with Gasteiger partial charge in [0.05, 0.1) is 17.2 Å². The fraction of sp³-hybridized carbons (Fsp3) is 0. The molecule has 1 heterocycles. The van der Waals surface area contributed by atoms with Crippen molar-refractivity contribution < 1.29 is 18.4 Å². The van der Waals surface area contributed by atoms with E-state index in [1.54, 1.807) is 0 Å². The number of amides is 2. The van der Waals surface area contributed by atoms with E-state index in [0.29, 0.717) is 0 Å². The number of nitrogens with zero attached hydrogens (tertiary/aromatic N) is 2. The molecule has 0 saturated heterocycles. The Morgan fingerprint density at radius 1 is 1.09 bits per heavy atom. The summed E-state index contributed by atoms with van der Waals surface area (Å²) in [5, 5.41) is 8.73. The van der Waals surface area contributed by atoms with E-state index in [4.69, 9.17) is 5.26 Å². The summed E-state index contributed by atoms with van der Waals surface area (Å²) in [7, 11) is 0. The zero-order chi connectivity index (χ0) is 16.1. The highest BCUT2D eigenvalue weighted by molar-refractivity contribution is 5.99. The molecule has 1 aromatic heterocycles. The van der Waals surface area contributed by atoms with E-state index in [1.807, 2.05) is 11.5 Å². The number of hydrazine groups is 1. The second-order valence-electron chi connectivity index (χ2n) is 4.07. The molecule has 0 unspecified atom stereocenters. The second-order valence-corrected chi connectivity index (χ2v) is 4.07. The minimum absolute atomic E-state index is 0.136. The van der Waals surface area contributed by atoms with Crippen molar-refractivity contribution >= 4 is 11.8 Å². The van der Waals surface area contributed by atoms with Gasteiger partial charge in [-0.2, -0.15) is 19.0 Å². The molecule has 22 heavy (non-hydrogen) atoms. The van der Waals surface area contributed by atoms with E-state index in [-0.39, 0.29) is 11.1 Å². The zero-order valence-corrected chi connectivity index (χ0v) is 10.9. The van der Waals surface area contributed by atoms with Crippen molar-refractivity contribution in [2.45, 2.75) is 0 Å². The first-order chi connectivity index (χ1) is 10.5. The molecule has 110 valence electrons. The van der Waals surface area contributed by atoms with E-state index in [1.165, 1.54) is 24.3 Å². The maximum absolute atomic E-state index is 13.3. The van der Waals surface area contributed by atoms with Crippen molar-refractivity contribution in [2.75, 3.05) is 0 Å². The number of nitrogens with one attached hydrogen (secondary N) is 2. The lowest BCUT2D eigenvalue weighted by Gasteiger charge is -2.07. The van der Waals surface area contributed by atoms with Gasteiger partial charge in [0.25, 0.3) is 11.8 Å². The van der Waals surface area contributed by atoms with Crippen molar-refractivity contribution in [1.82, 2.24) is 15.8 Å². The summed E-state index contributed by atoms with van der Waals surface area (Å²) in [6.45, 7) is 0. The molecule has 0 atom stereocenters. The van der Waals surface area contributed by atoms with Gasteiger partial charge in [0, 0.05) is 5.56 Å². The highest BCUT2D eigenvalue weighted by Crippen LogP contribution is 2.06. The van der Waals surface area contributed by atoms with Gasteiger partial charge in [-0.05, 0) is 30.3 Å². The highest BCUT2D eigenvalue weighted by Gasteiger charge is 2.15. The summed E-state index contributed by atoms with van der Waals surface area (Å²) >= 11 is 0. The molecule has 6 nitrogen and oxygen atoms in total. The molecular formula is C14H8F2N4O2. The number of benzene rings is 1. The first kappa shape index (κ1) is 15.1. The molecular weight excluding hydrogens is 294 g/mol. The van der Waals surface area contributed by atoms with Crippen molar-refractivity contribution in [3.63, 3.8) is 0 Å². The molecule has 2 amide bonds. The first-order valence-corrected chi connectivity index (χ1v) is 5.94. The third-order valence-corrected chi connectivity index (χ3v) is 2.60. The smallest absolute Gasteiger partial charge is 0.267 e. The van der Waals surface area contributed by atoms with Crippen LogP contribution in [0.3, 0.4) is 0 Å². The summed E-state index contributed by atoms with van der Waals surface area (Å²) in [5.41, 5.74) is 3.91. The van der Waals surface area contributed by atoms with E-state index in [0.717, 1.165) is 12.1 Å². The molecule has 0 bridgehead atoms. The van der Waals surface area contributed by atoms with Crippen LogP contribution in [0, 0.1) is 23.2 Å². The van der Waals surface area contributed by atoms with Gasteiger partial charge in [0.2, 0.25) is 11.9 Å². The lowest BCUT2D eigenvalue weighted by atomic mass is 10.1. The highest BCUT2D eigenvalue weighted by atomic mass is 19.1. The Hall–Kier alpha value is -3.34. The Balaban J connectivity index is 2.04. The standard InChI is InChI=1S/C14H8F2N4O2/c15-11-5-4-10(12(16)18-11)14(22)20-19-13(21)9-3-1-2-8(6-9)7-17/h1-6H,(H,19,21)(H,20,22). The zero-order valence-electron chi connectivity index (χ0n) is 10.9. The molecule has 0 spiro atoms. The van der Waals surface area contributed by atoms with Crippen LogP contribution in [0.1, 0.15) is 26.3 Å². The number of aromatic nitrogens is 1. The van der Waals surface area contributed by atoms with E-state index in [9.17, 15) is 18.4 Å². The average Bonchev–Trinajstić information content (AvgIpc) is 2.52. The van der Waals surface area contributed by atoms with Gasteiger partial charge < -0.3 is 0 Å². The third-order valence-electron chi connectivity index (χ3n) is 2.60. The normalized spacial score (nSPS) is 9.68. The fourth-order valence-corrected chi connectivity index (χ4v) is 1.56. The van der Waals surface area contributed by atoms with Crippen LogP contribution in [0.15, 0.2) is 36.4 Å². The lowest BCUT2D eigenvalue weighted by Crippen LogP contribution is -2.42. The maximum atomic E-state index is 13.3. The van der Waals surface area contributed by atoms with Crippen molar-refractivity contribution in [3.05, 3.63) is 65.0 Å². The molecule has 2 N–H and O–H groups in total. The van der Waals surface area contributed by atoms with Crippen molar-refractivity contribution in [1.29, 1.82) is 5.26 Å². The Bertz CT molecular complexity index is 787. The first-order valence-electron chi connectivity index (χ1n) is 5.94. The summed E-state index contributed by atoms with van der Waals surface area (Å²) in [6, 6.07) is 9.34. The van der Waals surface area contributed by atoms with Gasteiger partial charge in [-0.3, -0.25) is 20.4 Å². The van der Waals surface area contributed by atoms with E-state index in [2.05, 4.69) is 10.4 Å². The SMILES string of the molecule is N#Cc1cccc(C(=O)NNC(=O)c2ccc(F)nc2F)c1. The number of hydrogen-bond donors (Lipinski definition) is 2. The fourth-order valence-electron chi connectivity index (χ4n) is 1.56. The predicted octanol–water partition coefficient (Wildman–Crippen LogP) is 1.31. The Morgan fingerprint density at radius 3 is 2.50 bits per heavy atom. The predicted molar refractivity (Wildman–Crippen MR) is 70.2 cm³/mol. The Kier molecular flexibility index (Phi) is 4.38. The Labute approximate surface area is 123 Å². The number of hydrogen-bond acceptors (Lipinski definition) is 4. The number of carbonyl (C=O) groups is 2. The van der Waals surface area contributed by atoms with E-state index >= 15 is 0 Å². The molecule has 0 saturated carbocycles.